The van der Waals surface area contributed by atoms with Crippen LogP contribution in [0.25, 0.3) is 0 Å². The molecule has 0 bridgehead atoms. The van der Waals surface area contributed by atoms with E-state index in [2.05, 4.69) is 23.7 Å². The molecule has 2 fully saturated rings. The molecule has 0 spiro atoms. The molecule has 1 saturated heterocycles. The summed E-state index contributed by atoms with van der Waals surface area (Å²) in [5.41, 5.74) is 4.60. The summed E-state index contributed by atoms with van der Waals surface area (Å²) in [7, 11) is 0. The number of hydrogen-bond donors (Lipinski definition) is 1. The molecule has 2 aliphatic heterocycles. The number of nitrogens with zero attached hydrogens (tertiary/aromatic N) is 2. The summed E-state index contributed by atoms with van der Waals surface area (Å²) < 4.78 is 0. The van der Waals surface area contributed by atoms with Crippen molar-refractivity contribution in [3.8, 4) is 0 Å². The average molecular weight is 524 g/mol. The fourth-order valence-electron chi connectivity index (χ4n) is 7.18. The van der Waals surface area contributed by atoms with Crippen LogP contribution in [0.3, 0.4) is 0 Å². The van der Waals surface area contributed by atoms with Crippen LogP contribution in [0.1, 0.15) is 107 Å². The number of H-pyrrole nitrogens is 1. The minimum absolute atomic E-state index is 0.0686. The monoisotopic (exact) mass is 523 g/mol. The van der Waals surface area contributed by atoms with Crippen LogP contribution in [-0.2, 0) is 13.0 Å². The maximum Gasteiger partial charge on any atom is 0.255 e. The van der Waals surface area contributed by atoms with Gasteiger partial charge in [-0.15, -0.1) is 11.3 Å². The number of rotatable bonds is 6. The lowest BCUT2D eigenvalue weighted by Crippen LogP contribution is -2.38. The number of likely N-dealkylation sites (tertiary alicyclic amines) is 1. The first-order valence-corrected chi connectivity index (χ1v) is 15.5. The van der Waals surface area contributed by atoms with E-state index in [1.165, 1.54) is 79.9 Å². The Morgan fingerprint density at radius 2 is 1.73 bits per heavy atom. The maximum absolute atomic E-state index is 13.8. The van der Waals surface area contributed by atoms with E-state index in [1.54, 1.807) is 0 Å². The van der Waals surface area contributed by atoms with E-state index in [4.69, 9.17) is 0 Å². The third-order valence-corrected chi connectivity index (χ3v) is 11.0. The molecule has 0 aromatic carbocycles. The molecule has 2 aromatic heterocycles. The molecule has 3 aliphatic rings. The van der Waals surface area contributed by atoms with Gasteiger partial charge in [-0.25, -0.2) is 0 Å². The van der Waals surface area contributed by atoms with Crippen molar-refractivity contribution in [1.82, 2.24) is 14.8 Å². The Hall–Kier alpha value is -1.92. The number of nitrogens with one attached hydrogen (secondary N) is 1. The number of aromatic amines is 1. The molecule has 2 aromatic rings. The number of piperidine rings is 1. The SMILES string of the molecule is Cc1cc(C)c(CN2CCCc3sc(C(C)C4CCN(CC5CCCCC5)CC4)c(C)c3C2=O)c(=O)[nH]1. The van der Waals surface area contributed by atoms with Gasteiger partial charge in [0.25, 0.3) is 11.5 Å². The molecule has 1 amide bonds. The van der Waals surface area contributed by atoms with E-state index in [-0.39, 0.29) is 11.5 Å². The highest BCUT2D eigenvalue weighted by Gasteiger charge is 2.33. The zero-order valence-electron chi connectivity index (χ0n) is 23.3. The van der Waals surface area contributed by atoms with Gasteiger partial charge in [-0.05, 0) is 107 Å². The molecular weight excluding hydrogens is 478 g/mol. The van der Waals surface area contributed by atoms with Crippen LogP contribution < -0.4 is 5.56 Å². The van der Waals surface area contributed by atoms with Crippen LogP contribution in [0.2, 0.25) is 0 Å². The number of aryl methyl sites for hydroxylation is 3. The molecule has 5 rings (SSSR count). The van der Waals surface area contributed by atoms with E-state index >= 15 is 0 Å². The molecule has 1 N–H and O–H groups in total. The van der Waals surface area contributed by atoms with Gasteiger partial charge in [-0.3, -0.25) is 9.59 Å². The maximum atomic E-state index is 13.8. The van der Waals surface area contributed by atoms with Crippen molar-refractivity contribution in [2.45, 2.75) is 97.9 Å². The second-order valence-electron chi connectivity index (χ2n) is 12.1. The number of carbonyl (C=O) groups excluding carboxylic acids is 1. The fourth-order valence-corrected chi connectivity index (χ4v) is 8.66. The summed E-state index contributed by atoms with van der Waals surface area (Å²) in [5.74, 6) is 2.23. The highest BCUT2D eigenvalue weighted by Crippen LogP contribution is 2.42. The molecule has 1 saturated carbocycles. The molecule has 4 heterocycles. The van der Waals surface area contributed by atoms with Gasteiger partial charge in [0.05, 0.1) is 12.1 Å². The quantitative estimate of drug-likeness (QED) is 0.480. The zero-order valence-corrected chi connectivity index (χ0v) is 24.1. The van der Waals surface area contributed by atoms with Crippen LogP contribution in [-0.4, -0.2) is 46.9 Å². The van der Waals surface area contributed by atoms with E-state index in [9.17, 15) is 9.59 Å². The molecule has 37 heavy (non-hydrogen) atoms. The zero-order chi connectivity index (χ0) is 26.1. The summed E-state index contributed by atoms with van der Waals surface area (Å²) in [6, 6.07) is 2.00. The molecular formula is C31H45N3O2S. The Morgan fingerprint density at radius 3 is 2.43 bits per heavy atom. The minimum Gasteiger partial charge on any atom is -0.334 e. The number of carbonyl (C=O) groups is 1. The molecule has 5 nitrogen and oxygen atoms in total. The van der Waals surface area contributed by atoms with E-state index in [0.29, 0.717) is 30.5 Å². The summed E-state index contributed by atoms with van der Waals surface area (Å²) in [6.45, 7) is 13.3. The lowest BCUT2D eigenvalue weighted by atomic mass is 9.82. The Labute approximate surface area is 226 Å². The first-order valence-electron chi connectivity index (χ1n) is 14.6. The van der Waals surface area contributed by atoms with Gasteiger partial charge >= 0.3 is 0 Å². The number of hydrogen-bond acceptors (Lipinski definition) is 4. The topological polar surface area (TPSA) is 56.4 Å². The van der Waals surface area contributed by atoms with E-state index in [1.807, 2.05) is 36.2 Å². The minimum atomic E-state index is -0.0686. The molecule has 1 atom stereocenters. The van der Waals surface area contributed by atoms with Gasteiger partial charge in [0.1, 0.15) is 0 Å². The first kappa shape index (κ1) is 26.7. The van der Waals surface area contributed by atoms with Crippen molar-refractivity contribution in [2.75, 3.05) is 26.2 Å². The van der Waals surface area contributed by atoms with Crippen molar-refractivity contribution in [1.29, 1.82) is 0 Å². The standard InChI is InChI=1S/C31H45N3O2S/c1-20-17-21(2)32-30(35)26(20)19-34-14-8-11-27-28(31(34)36)23(4)29(37-27)22(3)25-12-15-33(16-13-25)18-24-9-6-5-7-10-24/h17,22,24-25H,5-16,18-19H2,1-4H3,(H,32,35). The summed E-state index contributed by atoms with van der Waals surface area (Å²) >= 11 is 1.90. The van der Waals surface area contributed by atoms with Crippen LogP contribution >= 0.6 is 11.3 Å². The average Bonchev–Trinajstić information content (AvgIpc) is 3.12. The predicted molar refractivity (Wildman–Crippen MR) is 153 cm³/mol. The number of amides is 1. The van der Waals surface area contributed by atoms with Crippen LogP contribution in [0.4, 0.5) is 0 Å². The Kier molecular flexibility index (Phi) is 8.25. The van der Waals surface area contributed by atoms with E-state index in [0.717, 1.165) is 35.6 Å². The van der Waals surface area contributed by atoms with Crippen molar-refractivity contribution in [2.24, 2.45) is 11.8 Å². The van der Waals surface area contributed by atoms with Gasteiger partial charge in [-0.2, -0.15) is 0 Å². The number of pyridine rings is 1. The van der Waals surface area contributed by atoms with Gasteiger partial charge < -0.3 is 14.8 Å². The summed E-state index contributed by atoms with van der Waals surface area (Å²) in [6.07, 6.45) is 11.6. The Balaban J connectivity index is 1.27. The summed E-state index contributed by atoms with van der Waals surface area (Å²) in [4.78, 5) is 36.7. The van der Waals surface area contributed by atoms with Crippen LogP contribution in [0.15, 0.2) is 10.9 Å². The highest BCUT2D eigenvalue weighted by atomic mass is 32.1. The van der Waals surface area contributed by atoms with Crippen LogP contribution in [0.5, 0.6) is 0 Å². The van der Waals surface area contributed by atoms with Gasteiger partial charge in [0, 0.05) is 34.1 Å². The number of aromatic nitrogens is 1. The number of thiophene rings is 1. The lowest BCUT2D eigenvalue weighted by molar-refractivity contribution is 0.0747. The lowest BCUT2D eigenvalue weighted by Gasteiger charge is -2.37. The second-order valence-corrected chi connectivity index (χ2v) is 13.2. The number of fused-ring (bicyclic) bond motifs is 1. The van der Waals surface area contributed by atoms with Gasteiger partial charge in [0.15, 0.2) is 0 Å². The Bertz CT molecular complexity index is 1170. The molecule has 1 aliphatic carbocycles. The van der Waals surface area contributed by atoms with Crippen molar-refractivity contribution in [3.63, 3.8) is 0 Å². The fraction of sp³-hybridized carbons (Fsp3) is 0.677. The second kappa shape index (κ2) is 11.4. The van der Waals surface area contributed by atoms with Crippen molar-refractivity contribution >= 4 is 17.2 Å². The Morgan fingerprint density at radius 1 is 1.00 bits per heavy atom. The van der Waals surface area contributed by atoms with Crippen molar-refractivity contribution < 1.29 is 4.79 Å². The third-order valence-electron chi connectivity index (χ3n) is 9.43. The normalized spacial score (nSPS) is 21.2. The van der Waals surface area contributed by atoms with Gasteiger partial charge in [0.2, 0.25) is 0 Å². The largest absolute Gasteiger partial charge is 0.334 e. The smallest absolute Gasteiger partial charge is 0.255 e. The third kappa shape index (κ3) is 5.75. The van der Waals surface area contributed by atoms with E-state index < -0.39 is 0 Å². The molecule has 0 radical (unpaired) electrons. The summed E-state index contributed by atoms with van der Waals surface area (Å²) in [5, 5.41) is 0. The van der Waals surface area contributed by atoms with Gasteiger partial charge in [-0.1, -0.05) is 26.2 Å². The first-order chi connectivity index (χ1) is 17.8. The highest BCUT2D eigenvalue weighted by molar-refractivity contribution is 7.12. The van der Waals surface area contributed by atoms with Crippen LogP contribution in [0, 0.1) is 32.6 Å². The molecule has 202 valence electrons. The molecule has 6 heteroatoms. The van der Waals surface area contributed by atoms with Crippen molar-refractivity contribution in [3.05, 3.63) is 54.1 Å². The predicted octanol–water partition coefficient (Wildman–Crippen LogP) is 6.35. The molecule has 1 unspecified atom stereocenters.